The van der Waals surface area contributed by atoms with Gasteiger partial charge in [0.15, 0.2) is 0 Å². The first kappa shape index (κ1) is 19.1. The molecule has 0 spiro atoms. The molecule has 1 aliphatic rings. The number of sulfonamides is 1. The molecule has 1 aliphatic heterocycles. The summed E-state index contributed by atoms with van der Waals surface area (Å²) in [5.41, 5.74) is 2.44. The second-order valence-corrected chi connectivity index (χ2v) is 7.94. The van der Waals surface area contributed by atoms with E-state index in [1.165, 1.54) is 7.11 Å². The van der Waals surface area contributed by atoms with E-state index in [2.05, 4.69) is 19.8 Å². The first-order chi connectivity index (χ1) is 12.9. The molecule has 0 aromatic heterocycles. The highest BCUT2D eigenvalue weighted by molar-refractivity contribution is 7.90. The number of esters is 1. The quantitative estimate of drug-likeness (QED) is 0.780. The molecule has 1 heterocycles. The number of rotatable bonds is 4. The van der Waals surface area contributed by atoms with Crippen LogP contribution in [-0.2, 0) is 14.8 Å². The Bertz CT molecular complexity index is 951. The van der Waals surface area contributed by atoms with Crippen LogP contribution in [0.4, 0.5) is 0 Å². The van der Waals surface area contributed by atoms with Crippen molar-refractivity contribution in [1.29, 1.82) is 0 Å². The lowest BCUT2D eigenvalue weighted by Crippen LogP contribution is -2.43. The van der Waals surface area contributed by atoms with Gasteiger partial charge in [0.25, 0.3) is 10.0 Å². The van der Waals surface area contributed by atoms with Crippen molar-refractivity contribution in [2.75, 3.05) is 20.2 Å². The number of benzene rings is 2. The molecule has 2 aromatic carbocycles. The lowest BCUT2D eigenvalue weighted by molar-refractivity contribution is 0.0600. The van der Waals surface area contributed by atoms with Crippen LogP contribution in [0.15, 0.2) is 58.4 Å². The molecular formula is C19H21N3O4S. The van der Waals surface area contributed by atoms with Crippen LogP contribution >= 0.6 is 0 Å². The van der Waals surface area contributed by atoms with Crippen LogP contribution in [0.2, 0.25) is 0 Å². The predicted molar refractivity (Wildman–Crippen MR) is 102 cm³/mol. The molecule has 2 aromatic rings. The van der Waals surface area contributed by atoms with Gasteiger partial charge < -0.3 is 10.1 Å². The molecule has 0 aliphatic carbocycles. The summed E-state index contributed by atoms with van der Waals surface area (Å²) in [6.07, 6.45) is 0. The summed E-state index contributed by atoms with van der Waals surface area (Å²) in [6.45, 7) is 2.59. The minimum absolute atomic E-state index is 0.0516. The molecule has 0 radical (unpaired) electrons. The third-order valence-electron chi connectivity index (χ3n) is 4.30. The standard InChI is InChI=1S/C19H21N3O4S/c1-13-3-9-16(10-4-13)27(24,25)22-18-12-20-17(11-21-18)14-5-7-15(8-6-14)19(23)26-2/h3-10,17,20H,11-12H2,1-2H3,(H,21,22)/t17-/m1/s1. The first-order valence-corrected chi connectivity index (χ1v) is 9.92. The average Bonchev–Trinajstić information content (AvgIpc) is 2.68. The lowest BCUT2D eigenvalue weighted by Gasteiger charge is -2.24. The lowest BCUT2D eigenvalue weighted by atomic mass is 10.0. The number of hydrogen-bond acceptors (Lipinski definition) is 6. The molecule has 0 amide bonds. The molecule has 2 N–H and O–H groups in total. The summed E-state index contributed by atoms with van der Waals surface area (Å²) in [4.78, 5) is 16.1. The van der Waals surface area contributed by atoms with Crippen molar-refractivity contribution in [1.82, 2.24) is 10.0 Å². The third-order valence-corrected chi connectivity index (χ3v) is 5.70. The molecule has 0 saturated carbocycles. The summed E-state index contributed by atoms with van der Waals surface area (Å²) < 4.78 is 32.1. The normalized spacial score (nSPS) is 17.1. The topological polar surface area (TPSA) is 96.9 Å². The molecular weight excluding hydrogens is 366 g/mol. The van der Waals surface area contributed by atoms with Crippen LogP contribution < -0.4 is 10.0 Å². The second-order valence-electron chi connectivity index (χ2n) is 6.25. The van der Waals surface area contributed by atoms with Gasteiger partial charge in [0.1, 0.15) is 5.84 Å². The van der Waals surface area contributed by atoms with E-state index in [9.17, 15) is 13.2 Å². The molecule has 0 unspecified atom stereocenters. The fourth-order valence-corrected chi connectivity index (χ4v) is 3.79. The SMILES string of the molecule is COC(=O)c1ccc([C@H]2CN=C(NS(=O)(=O)c3ccc(C)cc3)CN2)cc1. The zero-order valence-electron chi connectivity index (χ0n) is 15.1. The van der Waals surface area contributed by atoms with Crippen molar-refractivity contribution in [3.8, 4) is 0 Å². The first-order valence-electron chi connectivity index (χ1n) is 8.43. The second kappa shape index (κ2) is 7.89. The Morgan fingerprint density at radius 2 is 1.81 bits per heavy atom. The summed E-state index contributed by atoms with van der Waals surface area (Å²) in [5.74, 6) is -0.0121. The van der Waals surface area contributed by atoms with Crippen LogP contribution in [0, 0.1) is 6.92 Å². The molecule has 3 rings (SSSR count). The molecule has 142 valence electrons. The fraction of sp³-hybridized carbons (Fsp3) is 0.263. The summed E-state index contributed by atoms with van der Waals surface area (Å²) in [7, 11) is -2.31. The monoisotopic (exact) mass is 387 g/mol. The minimum atomic E-state index is -3.65. The fourth-order valence-electron chi connectivity index (χ4n) is 2.73. The number of aliphatic imine (C=N–C) groups is 1. The van der Waals surface area contributed by atoms with E-state index in [1.54, 1.807) is 36.4 Å². The van der Waals surface area contributed by atoms with E-state index in [0.717, 1.165) is 11.1 Å². The molecule has 0 bridgehead atoms. The van der Waals surface area contributed by atoms with Crippen molar-refractivity contribution in [3.05, 3.63) is 65.2 Å². The third kappa shape index (κ3) is 4.53. The van der Waals surface area contributed by atoms with E-state index in [-0.39, 0.29) is 16.9 Å². The van der Waals surface area contributed by atoms with Crippen LogP contribution in [0.3, 0.4) is 0 Å². The highest BCUT2D eigenvalue weighted by Gasteiger charge is 2.21. The van der Waals surface area contributed by atoms with Gasteiger partial charge in [0.05, 0.1) is 36.7 Å². The van der Waals surface area contributed by atoms with Crippen molar-refractivity contribution < 1.29 is 17.9 Å². The Balaban J connectivity index is 1.66. The number of hydrogen-bond donors (Lipinski definition) is 2. The van der Waals surface area contributed by atoms with Gasteiger partial charge >= 0.3 is 5.97 Å². The molecule has 0 fully saturated rings. The van der Waals surface area contributed by atoms with E-state index >= 15 is 0 Å². The Morgan fingerprint density at radius 3 is 2.37 bits per heavy atom. The maximum atomic E-state index is 12.4. The average molecular weight is 387 g/mol. The number of nitrogens with one attached hydrogen (secondary N) is 2. The van der Waals surface area contributed by atoms with Crippen LogP contribution in [0.1, 0.15) is 27.5 Å². The Hall–Kier alpha value is -2.71. The summed E-state index contributed by atoms with van der Waals surface area (Å²) in [5, 5.41) is 3.26. The predicted octanol–water partition coefficient (Wildman–Crippen LogP) is 1.80. The summed E-state index contributed by atoms with van der Waals surface area (Å²) in [6, 6.07) is 13.7. The van der Waals surface area contributed by atoms with E-state index in [0.29, 0.717) is 24.5 Å². The minimum Gasteiger partial charge on any atom is -0.465 e. The van der Waals surface area contributed by atoms with Gasteiger partial charge in [-0.25, -0.2) is 13.2 Å². The van der Waals surface area contributed by atoms with Gasteiger partial charge in [-0.1, -0.05) is 29.8 Å². The van der Waals surface area contributed by atoms with E-state index in [4.69, 9.17) is 0 Å². The van der Waals surface area contributed by atoms with E-state index in [1.807, 2.05) is 19.1 Å². The number of amidine groups is 1. The molecule has 0 saturated heterocycles. The summed E-state index contributed by atoms with van der Waals surface area (Å²) >= 11 is 0. The smallest absolute Gasteiger partial charge is 0.337 e. The van der Waals surface area contributed by atoms with Gasteiger partial charge in [-0.2, -0.15) is 0 Å². The Labute approximate surface area is 158 Å². The molecule has 7 nitrogen and oxygen atoms in total. The highest BCUT2D eigenvalue weighted by atomic mass is 32.2. The van der Waals surface area contributed by atoms with Crippen LogP contribution in [0.25, 0.3) is 0 Å². The largest absolute Gasteiger partial charge is 0.465 e. The van der Waals surface area contributed by atoms with Crippen molar-refractivity contribution in [2.45, 2.75) is 17.9 Å². The molecule has 27 heavy (non-hydrogen) atoms. The zero-order valence-corrected chi connectivity index (χ0v) is 15.9. The molecule has 1 atom stereocenters. The van der Waals surface area contributed by atoms with Gasteiger partial charge in [-0.05, 0) is 36.8 Å². The Kier molecular flexibility index (Phi) is 5.57. The number of carbonyl (C=O) groups is 1. The van der Waals surface area contributed by atoms with Crippen molar-refractivity contribution >= 4 is 21.8 Å². The van der Waals surface area contributed by atoms with Crippen LogP contribution in [-0.4, -0.2) is 40.4 Å². The van der Waals surface area contributed by atoms with Gasteiger partial charge in [-0.3, -0.25) is 9.71 Å². The number of ether oxygens (including phenoxy) is 1. The van der Waals surface area contributed by atoms with Gasteiger partial charge in [0, 0.05) is 0 Å². The number of nitrogens with zero attached hydrogens (tertiary/aromatic N) is 1. The Morgan fingerprint density at radius 1 is 1.15 bits per heavy atom. The van der Waals surface area contributed by atoms with Gasteiger partial charge in [0.2, 0.25) is 0 Å². The molecule has 8 heteroatoms. The highest BCUT2D eigenvalue weighted by Crippen LogP contribution is 2.17. The van der Waals surface area contributed by atoms with Crippen molar-refractivity contribution in [2.24, 2.45) is 4.99 Å². The number of methoxy groups -OCH3 is 1. The van der Waals surface area contributed by atoms with Gasteiger partial charge in [-0.15, -0.1) is 0 Å². The van der Waals surface area contributed by atoms with Crippen LogP contribution in [0.5, 0.6) is 0 Å². The maximum absolute atomic E-state index is 12.4. The van der Waals surface area contributed by atoms with Crippen molar-refractivity contribution in [3.63, 3.8) is 0 Å². The zero-order chi connectivity index (χ0) is 19.4. The maximum Gasteiger partial charge on any atom is 0.337 e. The number of carbonyl (C=O) groups excluding carboxylic acids is 1. The van der Waals surface area contributed by atoms with E-state index < -0.39 is 10.0 Å². The number of aryl methyl sites for hydroxylation is 1.